The van der Waals surface area contributed by atoms with Crippen molar-refractivity contribution in [3.8, 4) is 6.07 Å². The maximum absolute atomic E-state index is 12.7. The van der Waals surface area contributed by atoms with E-state index in [9.17, 15) is 4.79 Å². The van der Waals surface area contributed by atoms with E-state index in [0.29, 0.717) is 12.0 Å². The molecule has 0 saturated heterocycles. The van der Waals surface area contributed by atoms with E-state index in [2.05, 4.69) is 23.5 Å². The number of carbonyl (C=O) groups is 1. The normalized spacial score (nSPS) is 10.1. The molecule has 0 aliphatic rings. The average molecular weight is 358 g/mol. The molecule has 1 N–H and O–H groups in total. The highest BCUT2D eigenvalue weighted by Gasteiger charge is 2.12. The number of carbonyl (C=O) groups excluding carboxylic acids is 1. The molecule has 0 radical (unpaired) electrons. The highest BCUT2D eigenvalue weighted by molar-refractivity contribution is 7.98. The molecular weight excluding hydrogens is 340 g/mol. The highest BCUT2D eigenvalue weighted by Crippen LogP contribution is 2.27. The third kappa shape index (κ3) is 4.75. The highest BCUT2D eigenvalue weighted by atomic mass is 32.2. The van der Waals surface area contributed by atoms with Crippen molar-refractivity contribution in [1.29, 1.82) is 5.26 Å². The molecule has 0 saturated carbocycles. The molecule has 0 aliphatic heterocycles. The molecule has 4 heteroatoms. The molecule has 3 nitrogen and oxygen atoms in total. The molecule has 128 valence electrons. The standard InChI is InChI=1S/C22H18N2OS/c23-15-14-17-10-12-19(13-11-17)24-22(25)20-8-4-5-9-21(20)26-16-18-6-2-1-3-7-18/h1-13H,14,16H2,(H,24,25). The number of hydrogen-bond donors (Lipinski definition) is 1. The first-order valence-corrected chi connectivity index (χ1v) is 9.28. The van der Waals surface area contributed by atoms with Crippen molar-refractivity contribution in [3.05, 3.63) is 95.6 Å². The van der Waals surface area contributed by atoms with Gasteiger partial charge in [0.1, 0.15) is 0 Å². The van der Waals surface area contributed by atoms with E-state index in [-0.39, 0.29) is 5.91 Å². The monoisotopic (exact) mass is 358 g/mol. The van der Waals surface area contributed by atoms with Crippen LogP contribution in [0.5, 0.6) is 0 Å². The fourth-order valence-corrected chi connectivity index (χ4v) is 3.52. The number of nitrogens with one attached hydrogen (secondary N) is 1. The van der Waals surface area contributed by atoms with Crippen molar-refractivity contribution in [1.82, 2.24) is 0 Å². The van der Waals surface area contributed by atoms with Gasteiger partial charge in [0, 0.05) is 16.3 Å². The zero-order valence-corrected chi connectivity index (χ0v) is 15.0. The van der Waals surface area contributed by atoms with E-state index in [1.54, 1.807) is 11.8 Å². The van der Waals surface area contributed by atoms with Gasteiger partial charge in [0.15, 0.2) is 0 Å². The summed E-state index contributed by atoms with van der Waals surface area (Å²) in [5, 5.41) is 11.7. The van der Waals surface area contributed by atoms with Crippen LogP contribution in [-0.4, -0.2) is 5.91 Å². The molecule has 3 aromatic carbocycles. The van der Waals surface area contributed by atoms with E-state index in [0.717, 1.165) is 21.9 Å². The lowest BCUT2D eigenvalue weighted by Crippen LogP contribution is -2.13. The van der Waals surface area contributed by atoms with Gasteiger partial charge in [-0.1, -0.05) is 54.6 Å². The van der Waals surface area contributed by atoms with Gasteiger partial charge in [-0.3, -0.25) is 4.79 Å². The van der Waals surface area contributed by atoms with Crippen molar-refractivity contribution in [2.45, 2.75) is 17.1 Å². The second-order valence-electron chi connectivity index (χ2n) is 5.76. The minimum Gasteiger partial charge on any atom is -0.322 e. The van der Waals surface area contributed by atoms with Crippen LogP contribution in [0, 0.1) is 11.3 Å². The van der Waals surface area contributed by atoms with Crippen LogP contribution >= 0.6 is 11.8 Å². The second kappa shape index (κ2) is 8.89. The van der Waals surface area contributed by atoms with Gasteiger partial charge in [0.25, 0.3) is 5.91 Å². The number of rotatable bonds is 6. The maximum Gasteiger partial charge on any atom is 0.256 e. The first kappa shape index (κ1) is 17.8. The summed E-state index contributed by atoms with van der Waals surface area (Å²) in [6.07, 6.45) is 0.368. The van der Waals surface area contributed by atoms with Gasteiger partial charge in [0.2, 0.25) is 0 Å². The van der Waals surface area contributed by atoms with E-state index >= 15 is 0 Å². The van der Waals surface area contributed by atoms with Crippen LogP contribution in [0.1, 0.15) is 21.5 Å². The van der Waals surface area contributed by atoms with Crippen molar-refractivity contribution in [3.63, 3.8) is 0 Å². The summed E-state index contributed by atoms with van der Waals surface area (Å²) < 4.78 is 0. The molecular formula is C22H18N2OS. The van der Waals surface area contributed by atoms with Crippen molar-refractivity contribution in [2.24, 2.45) is 0 Å². The van der Waals surface area contributed by atoms with Gasteiger partial charge in [-0.25, -0.2) is 0 Å². The summed E-state index contributed by atoms with van der Waals surface area (Å²) in [6.45, 7) is 0. The summed E-state index contributed by atoms with van der Waals surface area (Å²) in [7, 11) is 0. The maximum atomic E-state index is 12.7. The van der Waals surface area contributed by atoms with Crippen LogP contribution in [0.25, 0.3) is 0 Å². The summed E-state index contributed by atoms with van der Waals surface area (Å²) >= 11 is 1.65. The third-order valence-electron chi connectivity index (χ3n) is 3.86. The summed E-state index contributed by atoms with van der Waals surface area (Å²) in [5.41, 5.74) is 3.54. The Labute approximate surface area is 157 Å². The van der Waals surface area contributed by atoms with Crippen molar-refractivity contribution in [2.75, 3.05) is 5.32 Å². The Morgan fingerprint density at radius 3 is 2.31 bits per heavy atom. The van der Waals surface area contributed by atoms with Crippen LogP contribution in [0.4, 0.5) is 5.69 Å². The third-order valence-corrected chi connectivity index (χ3v) is 5.01. The number of benzene rings is 3. The minimum atomic E-state index is -0.130. The Kier molecular flexibility index (Phi) is 6.08. The Bertz CT molecular complexity index is 915. The number of anilines is 1. The predicted octanol–water partition coefficient (Wildman–Crippen LogP) is 5.30. The molecule has 3 aromatic rings. The van der Waals surface area contributed by atoms with E-state index < -0.39 is 0 Å². The molecule has 0 spiro atoms. The minimum absolute atomic E-state index is 0.130. The topological polar surface area (TPSA) is 52.9 Å². The van der Waals surface area contributed by atoms with Gasteiger partial charge in [-0.2, -0.15) is 5.26 Å². The lowest BCUT2D eigenvalue weighted by molar-refractivity contribution is 0.102. The van der Waals surface area contributed by atoms with E-state index in [1.807, 2.05) is 66.7 Å². The molecule has 1 amide bonds. The summed E-state index contributed by atoms with van der Waals surface area (Å²) in [4.78, 5) is 13.6. The SMILES string of the molecule is N#CCc1ccc(NC(=O)c2ccccc2SCc2ccccc2)cc1. The van der Waals surface area contributed by atoms with Crippen LogP contribution in [0.15, 0.2) is 83.8 Å². The Morgan fingerprint density at radius 2 is 1.58 bits per heavy atom. The fraction of sp³-hybridized carbons (Fsp3) is 0.0909. The predicted molar refractivity (Wildman–Crippen MR) is 106 cm³/mol. The molecule has 0 aliphatic carbocycles. The molecule has 26 heavy (non-hydrogen) atoms. The molecule has 0 aromatic heterocycles. The van der Waals surface area contributed by atoms with Crippen LogP contribution in [0.2, 0.25) is 0 Å². The van der Waals surface area contributed by atoms with Crippen molar-refractivity contribution >= 4 is 23.4 Å². The molecule has 0 heterocycles. The van der Waals surface area contributed by atoms with Gasteiger partial charge >= 0.3 is 0 Å². The van der Waals surface area contributed by atoms with Crippen molar-refractivity contribution < 1.29 is 4.79 Å². The van der Waals surface area contributed by atoms with Crippen LogP contribution in [-0.2, 0) is 12.2 Å². The molecule has 0 fully saturated rings. The molecule has 3 rings (SSSR count). The quantitative estimate of drug-likeness (QED) is 0.609. The molecule has 0 atom stereocenters. The van der Waals surface area contributed by atoms with Crippen LogP contribution in [0.3, 0.4) is 0 Å². The number of nitriles is 1. The smallest absolute Gasteiger partial charge is 0.256 e. The molecule has 0 unspecified atom stereocenters. The Balaban J connectivity index is 1.70. The first-order chi connectivity index (χ1) is 12.8. The molecule has 0 bridgehead atoms. The van der Waals surface area contributed by atoms with Gasteiger partial charge < -0.3 is 5.32 Å². The lowest BCUT2D eigenvalue weighted by Gasteiger charge is -2.10. The Morgan fingerprint density at radius 1 is 0.885 bits per heavy atom. The number of nitrogens with zero attached hydrogens (tertiary/aromatic N) is 1. The van der Waals surface area contributed by atoms with Crippen LogP contribution < -0.4 is 5.32 Å². The summed E-state index contributed by atoms with van der Waals surface area (Å²) in [5.74, 6) is 0.683. The second-order valence-corrected chi connectivity index (χ2v) is 6.77. The summed E-state index contributed by atoms with van der Waals surface area (Å²) in [6, 6.07) is 27.3. The lowest BCUT2D eigenvalue weighted by atomic mass is 10.1. The number of amides is 1. The Hall–Kier alpha value is -3.03. The fourth-order valence-electron chi connectivity index (χ4n) is 2.51. The zero-order chi connectivity index (χ0) is 18.2. The van der Waals surface area contributed by atoms with E-state index in [1.165, 1.54) is 5.56 Å². The van der Waals surface area contributed by atoms with Gasteiger partial charge in [-0.15, -0.1) is 11.8 Å². The zero-order valence-electron chi connectivity index (χ0n) is 14.2. The number of hydrogen-bond acceptors (Lipinski definition) is 3. The van der Waals surface area contributed by atoms with E-state index in [4.69, 9.17) is 5.26 Å². The average Bonchev–Trinajstić information content (AvgIpc) is 2.69. The van der Waals surface area contributed by atoms with Gasteiger partial charge in [-0.05, 0) is 35.4 Å². The number of thioether (sulfide) groups is 1. The largest absolute Gasteiger partial charge is 0.322 e. The first-order valence-electron chi connectivity index (χ1n) is 8.29. The van der Waals surface area contributed by atoms with Gasteiger partial charge in [0.05, 0.1) is 18.1 Å².